The lowest BCUT2D eigenvalue weighted by atomic mass is 10.0. The lowest BCUT2D eigenvalue weighted by molar-refractivity contribution is -0.660. The molecule has 1 aliphatic rings. The normalized spacial score (nSPS) is 17.4. The smallest absolute Gasteiger partial charge is 0.212 e. The van der Waals surface area contributed by atoms with Crippen molar-refractivity contribution in [1.29, 1.82) is 0 Å². The second-order valence-electron chi connectivity index (χ2n) is 5.21. The summed E-state index contributed by atoms with van der Waals surface area (Å²) in [6.45, 7) is 4.35. The first-order valence-electron chi connectivity index (χ1n) is 6.94. The molecular weight excluding hydrogens is 246 g/mol. The van der Waals surface area contributed by atoms with Gasteiger partial charge in [-0.1, -0.05) is 6.07 Å². The van der Waals surface area contributed by atoms with E-state index >= 15 is 0 Å². The first-order chi connectivity index (χ1) is 9.68. The van der Waals surface area contributed by atoms with Crippen LogP contribution in [-0.2, 0) is 7.05 Å². The first kappa shape index (κ1) is 12.7. The molecule has 1 aromatic carbocycles. The third-order valence-corrected chi connectivity index (χ3v) is 3.90. The summed E-state index contributed by atoms with van der Waals surface area (Å²) in [7, 11) is 2.08. The molecule has 1 atom stereocenters. The Morgan fingerprint density at radius 3 is 2.70 bits per heavy atom. The van der Waals surface area contributed by atoms with E-state index in [2.05, 4.69) is 84.5 Å². The van der Waals surface area contributed by atoms with Gasteiger partial charge in [0.05, 0.1) is 11.7 Å². The van der Waals surface area contributed by atoms with Gasteiger partial charge in [0.15, 0.2) is 6.20 Å². The Labute approximate surface area is 120 Å². The molecule has 0 unspecified atom stereocenters. The molecule has 0 saturated heterocycles. The van der Waals surface area contributed by atoms with Gasteiger partial charge in [0.1, 0.15) is 7.05 Å². The molecule has 3 nitrogen and oxygen atoms in total. The predicted octanol–water partition coefficient (Wildman–Crippen LogP) is 2.71. The Morgan fingerprint density at radius 1 is 1.15 bits per heavy atom. The summed E-state index contributed by atoms with van der Waals surface area (Å²) < 4.78 is 2.16. The van der Waals surface area contributed by atoms with Crippen LogP contribution in [0.15, 0.2) is 55.0 Å². The molecule has 1 aromatic heterocycles. The number of pyridine rings is 1. The molecule has 2 heterocycles. The van der Waals surface area contributed by atoms with Crippen LogP contribution in [0.3, 0.4) is 0 Å². The molecule has 1 aliphatic heterocycles. The highest BCUT2D eigenvalue weighted by Gasteiger charge is 2.20. The maximum absolute atomic E-state index is 3.31. The SMILES string of the molecule is Cc1c(-c2cccc[n+]2C)cccc1N1C=CN[C@H]1C. The minimum Gasteiger partial charge on any atom is -0.370 e. The van der Waals surface area contributed by atoms with E-state index in [0.29, 0.717) is 6.17 Å². The molecule has 0 aliphatic carbocycles. The van der Waals surface area contributed by atoms with E-state index in [-0.39, 0.29) is 0 Å². The second-order valence-corrected chi connectivity index (χ2v) is 5.21. The number of aryl methyl sites for hydroxylation is 1. The number of benzene rings is 1. The van der Waals surface area contributed by atoms with Crippen LogP contribution >= 0.6 is 0 Å². The molecule has 0 radical (unpaired) electrons. The number of rotatable bonds is 2. The number of hydrogen-bond acceptors (Lipinski definition) is 2. The maximum atomic E-state index is 3.31. The van der Waals surface area contributed by atoms with E-state index in [4.69, 9.17) is 0 Å². The van der Waals surface area contributed by atoms with Crippen molar-refractivity contribution in [2.24, 2.45) is 7.05 Å². The third kappa shape index (κ3) is 2.05. The van der Waals surface area contributed by atoms with E-state index in [1.807, 2.05) is 6.20 Å². The van der Waals surface area contributed by atoms with Crippen LogP contribution in [0.25, 0.3) is 11.3 Å². The zero-order valence-corrected chi connectivity index (χ0v) is 12.2. The predicted molar refractivity (Wildman–Crippen MR) is 82.0 cm³/mol. The van der Waals surface area contributed by atoms with E-state index in [1.54, 1.807) is 0 Å². The number of aromatic nitrogens is 1. The Balaban J connectivity index is 2.11. The summed E-state index contributed by atoms with van der Waals surface area (Å²) >= 11 is 0. The molecule has 1 N–H and O–H groups in total. The zero-order chi connectivity index (χ0) is 14.1. The van der Waals surface area contributed by atoms with Gasteiger partial charge in [-0.2, -0.15) is 0 Å². The summed E-state index contributed by atoms with van der Waals surface area (Å²) in [4.78, 5) is 2.27. The number of hydrogen-bond donors (Lipinski definition) is 1. The summed E-state index contributed by atoms with van der Waals surface area (Å²) in [5, 5.41) is 3.31. The summed E-state index contributed by atoms with van der Waals surface area (Å²) in [6, 6.07) is 12.8. The van der Waals surface area contributed by atoms with Gasteiger partial charge in [-0.25, -0.2) is 4.57 Å². The van der Waals surface area contributed by atoms with Crippen molar-refractivity contribution < 1.29 is 4.57 Å². The van der Waals surface area contributed by atoms with E-state index in [0.717, 1.165) is 0 Å². The van der Waals surface area contributed by atoms with E-state index in [9.17, 15) is 0 Å². The summed E-state index contributed by atoms with van der Waals surface area (Å²) in [5.74, 6) is 0. The van der Waals surface area contributed by atoms with Crippen LogP contribution < -0.4 is 14.8 Å². The highest BCUT2D eigenvalue weighted by atomic mass is 15.3. The van der Waals surface area contributed by atoms with Crippen LogP contribution in [0.4, 0.5) is 5.69 Å². The fraction of sp³-hybridized carbons (Fsp3) is 0.235. The topological polar surface area (TPSA) is 19.1 Å². The average Bonchev–Trinajstić information content (AvgIpc) is 2.86. The average molecular weight is 266 g/mol. The van der Waals surface area contributed by atoms with Gasteiger partial charge in [0.25, 0.3) is 0 Å². The highest BCUT2D eigenvalue weighted by Crippen LogP contribution is 2.30. The minimum absolute atomic E-state index is 0.300. The van der Waals surface area contributed by atoms with Crippen molar-refractivity contribution in [1.82, 2.24) is 5.32 Å². The van der Waals surface area contributed by atoms with Gasteiger partial charge in [-0.3, -0.25) is 0 Å². The molecule has 2 aromatic rings. The molecule has 3 rings (SSSR count). The largest absolute Gasteiger partial charge is 0.370 e. The summed E-state index contributed by atoms with van der Waals surface area (Å²) in [6.07, 6.45) is 6.48. The lowest BCUT2D eigenvalue weighted by Gasteiger charge is -2.24. The van der Waals surface area contributed by atoms with E-state index < -0.39 is 0 Å². The van der Waals surface area contributed by atoms with Crippen LogP contribution in [0.2, 0.25) is 0 Å². The van der Waals surface area contributed by atoms with Gasteiger partial charge in [-0.05, 0) is 37.6 Å². The molecule has 0 bridgehead atoms. The molecule has 3 heteroatoms. The van der Waals surface area contributed by atoms with Crippen molar-refractivity contribution >= 4 is 5.69 Å². The van der Waals surface area contributed by atoms with Crippen molar-refractivity contribution in [3.63, 3.8) is 0 Å². The Hall–Kier alpha value is -2.29. The number of anilines is 1. The fourth-order valence-electron chi connectivity index (χ4n) is 2.74. The van der Waals surface area contributed by atoms with Gasteiger partial charge >= 0.3 is 0 Å². The molecule has 0 amide bonds. The van der Waals surface area contributed by atoms with Gasteiger partial charge in [0.2, 0.25) is 5.69 Å². The Bertz CT molecular complexity index is 661. The quantitative estimate of drug-likeness (QED) is 0.843. The standard InChI is InChI=1S/C17H20N3/c1-13-15(17-8-4-5-11-19(17)3)7-6-9-16(13)20-12-10-18-14(20)2/h4-12,14,18H,1-3H3/q+1/t14-/m1/s1. The molecule has 0 spiro atoms. The van der Waals surface area contributed by atoms with Gasteiger partial charge in [-0.15, -0.1) is 0 Å². The molecule has 102 valence electrons. The van der Waals surface area contributed by atoms with Crippen LogP contribution in [0, 0.1) is 6.92 Å². The molecule has 20 heavy (non-hydrogen) atoms. The monoisotopic (exact) mass is 266 g/mol. The maximum Gasteiger partial charge on any atom is 0.212 e. The molecule has 0 fully saturated rings. The fourth-order valence-corrected chi connectivity index (χ4v) is 2.74. The van der Waals surface area contributed by atoms with Gasteiger partial charge in [0, 0.05) is 30.2 Å². The molecule has 0 saturated carbocycles. The van der Waals surface area contributed by atoms with Crippen molar-refractivity contribution in [2.75, 3.05) is 4.90 Å². The first-order valence-corrected chi connectivity index (χ1v) is 6.94. The zero-order valence-electron chi connectivity index (χ0n) is 12.2. The van der Waals surface area contributed by atoms with E-state index in [1.165, 1.54) is 22.5 Å². The minimum atomic E-state index is 0.300. The Morgan fingerprint density at radius 2 is 2.00 bits per heavy atom. The third-order valence-electron chi connectivity index (χ3n) is 3.90. The van der Waals surface area contributed by atoms with Gasteiger partial charge < -0.3 is 10.2 Å². The van der Waals surface area contributed by atoms with Crippen LogP contribution in [-0.4, -0.2) is 6.17 Å². The van der Waals surface area contributed by atoms with Crippen molar-refractivity contribution in [3.05, 3.63) is 60.6 Å². The lowest BCUT2D eigenvalue weighted by Crippen LogP contribution is -2.33. The van der Waals surface area contributed by atoms with Crippen molar-refractivity contribution in [3.8, 4) is 11.3 Å². The number of nitrogens with zero attached hydrogens (tertiary/aromatic N) is 2. The highest BCUT2D eigenvalue weighted by molar-refractivity contribution is 5.71. The van der Waals surface area contributed by atoms with Crippen LogP contribution in [0.1, 0.15) is 12.5 Å². The second kappa shape index (κ2) is 5.00. The van der Waals surface area contributed by atoms with Crippen LogP contribution in [0.5, 0.6) is 0 Å². The van der Waals surface area contributed by atoms with Crippen molar-refractivity contribution in [2.45, 2.75) is 20.0 Å². The Kier molecular flexibility index (Phi) is 3.18. The number of nitrogens with one attached hydrogen (secondary N) is 1. The molecular formula is C17H20N3+. The summed E-state index contributed by atoms with van der Waals surface area (Å²) in [5.41, 5.74) is 5.06.